The highest BCUT2D eigenvalue weighted by Crippen LogP contribution is 2.41. The predicted octanol–water partition coefficient (Wildman–Crippen LogP) is 2.84. The molecule has 0 amide bonds. The molecule has 1 aliphatic rings. The molecule has 0 spiro atoms. The summed E-state index contributed by atoms with van der Waals surface area (Å²) < 4.78 is 16.7. The van der Waals surface area contributed by atoms with Crippen molar-refractivity contribution in [3.05, 3.63) is 22.2 Å². The van der Waals surface area contributed by atoms with E-state index in [0.29, 0.717) is 41.2 Å². The maximum absolute atomic E-state index is 11.7. The van der Waals surface area contributed by atoms with E-state index in [4.69, 9.17) is 14.2 Å². The average Bonchev–Trinajstić information content (AvgIpc) is 2.73. The van der Waals surface area contributed by atoms with Crippen molar-refractivity contribution in [1.82, 2.24) is 0 Å². The molecule has 6 heteroatoms. The molecule has 1 aliphatic heterocycles. The van der Waals surface area contributed by atoms with Crippen molar-refractivity contribution in [3.8, 4) is 11.5 Å². The topological polar surface area (TPSA) is 65.0 Å². The molecule has 2 rings (SSSR count). The van der Waals surface area contributed by atoms with E-state index in [1.165, 1.54) is 7.11 Å². The maximum Gasteiger partial charge on any atom is 0.311 e. The quantitative estimate of drug-likeness (QED) is 0.838. The molecule has 0 fully saturated rings. The third-order valence-corrected chi connectivity index (χ3v) is 4.08. The first-order valence-electron chi connectivity index (χ1n) is 6.93. The van der Waals surface area contributed by atoms with Gasteiger partial charge in [0.05, 0.1) is 36.8 Å². The van der Waals surface area contributed by atoms with Crippen LogP contribution in [0.5, 0.6) is 11.5 Å². The lowest BCUT2D eigenvalue weighted by Gasteiger charge is -2.21. The number of carbonyl (C=O) groups is 1. The first kappa shape index (κ1) is 16.1. The van der Waals surface area contributed by atoms with Crippen LogP contribution in [-0.2, 0) is 9.53 Å². The van der Waals surface area contributed by atoms with Crippen LogP contribution in [0.3, 0.4) is 0 Å². The van der Waals surface area contributed by atoms with Crippen molar-refractivity contribution in [3.63, 3.8) is 0 Å². The number of hydrogen-bond acceptors (Lipinski definition) is 5. The Hall–Kier alpha value is -1.27. The predicted molar refractivity (Wildman–Crippen MR) is 80.5 cm³/mol. The van der Waals surface area contributed by atoms with Crippen molar-refractivity contribution >= 4 is 21.9 Å². The van der Waals surface area contributed by atoms with E-state index in [-0.39, 0.29) is 0 Å². The van der Waals surface area contributed by atoms with E-state index in [1.807, 2.05) is 6.92 Å². The summed E-state index contributed by atoms with van der Waals surface area (Å²) >= 11 is 3.43. The molecule has 0 saturated carbocycles. The summed E-state index contributed by atoms with van der Waals surface area (Å²) in [7, 11) is 1.32. The molecule has 1 aromatic carbocycles. The SMILES string of the molecule is CCC(C(=O)OC)C(O)c1cc(Br)c2c(c1)OCCCO2. The molecule has 116 valence electrons. The highest BCUT2D eigenvalue weighted by atomic mass is 79.9. The smallest absolute Gasteiger partial charge is 0.311 e. The average molecular weight is 359 g/mol. The number of aliphatic hydroxyl groups excluding tert-OH is 1. The molecule has 0 aromatic heterocycles. The lowest BCUT2D eigenvalue weighted by molar-refractivity contribution is -0.149. The molecule has 2 unspecified atom stereocenters. The van der Waals surface area contributed by atoms with Crippen molar-refractivity contribution < 1.29 is 24.1 Å². The van der Waals surface area contributed by atoms with E-state index in [2.05, 4.69) is 15.9 Å². The van der Waals surface area contributed by atoms with Gasteiger partial charge in [0.25, 0.3) is 0 Å². The second-order valence-corrected chi connectivity index (χ2v) is 5.72. The van der Waals surface area contributed by atoms with Crippen molar-refractivity contribution in [2.24, 2.45) is 5.92 Å². The van der Waals surface area contributed by atoms with Crippen LogP contribution in [0.25, 0.3) is 0 Å². The molecule has 0 aliphatic carbocycles. The number of esters is 1. The number of rotatable bonds is 4. The molecule has 1 heterocycles. The molecule has 0 radical (unpaired) electrons. The highest BCUT2D eigenvalue weighted by Gasteiger charge is 2.29. The van der Waals surface area contributed by atoms with Gasteiger partial charge in [0, 0.05) is 6.42 Å². The molecule has 1 N–H and O–H groups in total. The zero-order valence-corrected chi connectivity index (χ0v) is 13.7. The van der Waals surface area contributed by atoms with Crippen molar-refractivity contribution in [2.45, 2.75) is 25.9 Å². The highest BCUT2D eigenvalue weighted by molar-refractivity contribution is 9.10. The molecular weight excluding hydrogens is 340 g/mol. The Balaban J connectivity index is 2.33. The molecule has 0 saturated heterocycles. The first-order valence-corrected chi connectivity index (χ1v) is 7.72. The number of fused-ring (bicyclic) bond motifs is 1. The van der Waals surface area contributed by atoms with Crippen molar-refractivity contribution in [1.29, 1.82) is 0 Å². The fourth-order valence-electron chi connectivity index (χ4n) is 2.32. The van der Waals surface area contributed by atoms with E-state index >= 15 is 0 Å². The summed E-state index contributed by atoms with van der Waals surface area (Å²) in [5.74, 6) is 0.185. The standard InChI is InChI=1S/C15H19BrO5/c1-3-10(15(18)19-2)13(17)9-7-11(16)14-12(8-9)20-5-4-6-21-14/h7-8,10,13,17H,3-6H2,1-2H3. The number of methoxy groups -OCH3 is 1. The van der Waals surface area contributed by atoms with Gasteiger partial charge < -0.3 is 19.3 Å². The second kappa shape index (κ2) is 7.13. The van der Waals surface area contributed by atoms with Crippen LogP contribution in [0, 0.1) is 5.92 Å². The summed E-state index contributed by atoms with van der Waals surface area (Å²) in [6, 6.07) is 3.48. The van der Waals surface area contributed by atoms with Gasteiger partial charge in [-0.1, -0.05) is 6.92 Å². The zero-order valence-electron chi connectivity index (χ0n) is 12.1. The van der Waals surface area contributed by atoms with Crippen LogP contribution in [0.2, 0.25) is 0 Å². The van der Waals surface area contributed by atoms with Gasteiger partial charge in [-0.05, 0) is 40.0 Å². The van der Waals surface area contributed by atoms with Gasteiger partial charge in [-0.15, -0.1) is 0 Å². The molecule has 0 bridgehead atoms. The number of aliphatic hydroxyl groups is 1. The number of carbonyl (C=O) groups excluding carboxylic acids is 1. The third-order valence-electron chi connectivity index (χ3n) is 3.49. The minimum atomic E-state index is -0.948. The van der Waals surface area contributed by atoms with Crippen LogP contribution in [0.15, 0.2) is 16.6 Å². The summed E-state index contributed by atoms with van der Waals surface area (Å²) in [6.07, 6.45) is 0.342. The summed E-state index contributed by atoms with van der Waals surface area (Å²) in [5, 5.41) is 10.5. The van der Waals surface area contributed by atoms with Gasteiger partial charge >= 0.3 is 5.97 Å². The van der Waals surface area contributed by atoms with E-state index in [1.54, 1.807) is 12.1 Å². The fourth-order valence-corrected chi connectivity index (χ4v) is 2.90. The Morgan fingerprint density at radius 2 is 2.14 bits per heavy atom. The van der Waals surface area contributed by atoms with Gasteiger partial charge in [-0.25, -0.2) is 0 Å². The Morgan fingerprint density at radius 3 is 2.81 bits per heavy atom. The van der Waals surface area contributed by atoms with Crippen molar-refractivity contribution in [2.75, 3.05) is 20.3 Å². The van der Waals surface area contributed by atoms with Gasteiger partial charge in [0.15, 0.2) is 11.5 Å². The summed E-state index contributed by atoms with van der Waals surface area (Å²) in [5.41, 5.74) is 0.600. The Morgan fingerprint density at radius 1 is 1.43 bits per heavy atom. The van der Waals surface area contributed by atoms with E-state index in [9.17, 15) is 9.90 Å². The minimum absolute atomic E-state index is 0.423. The molecule has 5 nitrogen and oxygen atoms in total. The Kier molecular flexibility index (Phi) is 5.47. The maximum atomic E-state index is 11.7. The normalized spacial score (nSPS) is 16.8. The lowest BCUT2D eigenvalue weighted by atomic mass is 9.93. The number of ether oxygens (including phenoxy) is 3. The molecule has 21 heavy (non-hydrogen) atoms. The van der Waals surface area contributed by atoms with Gasteiger partial charge in [-0.3, -0.25) is 4.79 Å². The zero-order chi connectivity index (χ0) is 15.4. The number of hydrogen-bond donors (Lipinski definition) is 1. The van der Waals surface area contributed by atoms with Crippen LogP contribution in [0.1, 0.15) is 31.4 Å². The lowest BCUT2D eigenvalue weighted by Crippen LogP contribution is -2.23. The summed E-state index contributed by atoms with van der Waals surface area (Å²) in [6.45, 7) is 2.99. The van der Waals surface area contributed by atoms with Crippen LogP contribution < -0.4 is 9.47 Å². The first-order chi connectivity index (χ1) is 10.1. The summed E-state index contributed by atoms with van der Waals surface area (Å²) in [4.78, 5) is 11.7. The third kappa shape index (κ3) is 3.49. The Labute approximate surface area is 132 Å². The second-order valence-electron chi connectivity index (χ2n) is 4.86. The number of benzene rings is 1. The van der Waals surface area contributed by atoms with Gasteiger partial charge in [0.2, 0.25) is 0 Å². The Bertz CT molecular complexity index is 517. The monoisotopic (exact) mass is 358 g/mol. The fraction of sp³-hybridized carbons (Fsp3) is 0.533. The largest absolute Gasteiger partial charge is 0.490 e. The van der Waals surface area contributed by atoms with Crippen LogP contribution >= 0.6 is 15.9 Å². The van der Waals surface area contributed by atoms with Crippen LogP contribution in [0.4, 0.5) is 0 Å². The number of halogens is 1. The van der Waals surface area contributed by atoms with Gasteiger partial charge in [0.1, 0.15) is 0 Å². The van der Waals surface area contributed by atoms with E-state index < -0.39 is 18.0 Å². The van der Waals surface area contributed by atoms with Gasteiger partial charge in [-0.2, -0.15) is 0 Å². The van der Waals surface area contributed by atoms with Crippen LogP contribution in [-0.4, -0.2) is 31.4 Å². The van der Waals surface area contributed by atoms with E-state index in [0.717, 1.165) is 6.42 Å². The molecular formula is C15H19BrO5. The minimum Gasteiger partial charge on any atom is -0.490 e. The molecule has 1 aromatic rings. The molecule has 2 atom stereocenters.